The highest BCUT2D eigenvalue weighted by Crippen LogP contribution is 2.28. The van der Waals surface area contributed by atoms with E-state index in [4.69, 9.17) is 15.6 Å². The Balaban J connectivity index is 0.000000241. The number of alkyl halides is 3. The molecule has 0 unspecified atom stereocenters. The number of amides is 1. The highest BCUT2D eigenvalue weighted by atomic mass is 19.4. The van der Waals surface area contributed by atoms with E-state index in [0.29, 0.717) is 12.1 Å². The molecule has 3 aromatic rings. The van der Waals surface area contributed by atoms with Gasteiger partial charge in [-0.05, 0) is 36.3 Å². The lowest BCUT2D eigenvalue weighted by atomic mass is 9.90. The maximum Gasteiger partial charge on any atom is 0.401 e. The number of likely N-dealkylation sites (tertiary alicyclic amines) is 1. The number of fused-ring (bicyclic) bond motifs is 1. The summed E-state index contributed by atoms with van der Waals surface area (Å²) in [6.45, 7) is -0.627. The number of primary amides is 1. The van der Waals surface area contributed by atoms with Gasteiger partial charge in [-0.2, -0.15) is 13.2 Å². The average Bonchev–Trinajstić information content (AvgIpc) is 2.90. The molecule has 1 saturated heterocycles. The van der Waals surface area contributed by atoms with E-state index in [-0.39, 0.29) is 32.4 Å². The number of hydrogen-bond donors (Lipinski definition) is 2. The third-order valence-electron chi connectivity index (χ3n) is 6.90. The molecule has 0 radical (unpaired) electrons. The molecule has 0 aliphatic carbocycles. The minimum absolute atomic E-state index is 0.0242. The molecule has 40 heavy (non-hydrogen) atoms. The molecule has 10 nitrogen and oxygen atoms in total. The summed E-state index contributed by atoms with van der Waals surface area (Å²) < 4.78 is 43.8. The third-order valence-corrected chi connectivity index (χ3v) is 6.90. The SMILES string of the molecule is COC1(C(N)=O)CCN(CC(F)(F)F)CC1.Cn1ccc(=O)n(-c2cccc3c(CCC(=O)O)cccc23)c1=O. The molecule has 1 fully saturated rings. The predicted octanol–water partition coefficient (Wildman–Crippen LogP) is 2.22. The van der Waals surface area contributed by atoms with Crippen LogP contribution in [0.1, 0.15) is 24.8 Å². The molecule has 216 valence electrons. The smallest absolute Gasteiger partial charge is 0.401 e. The van der Waals surface area contributed by atoms with Gasteiger partial charge in [0, 0.05) is 51.3 Å². The van der Waals surface area contributed by atoms with Crippen LogP contribution < -0.4 is 17.0 Å². The number of nitrogens with two attached hydrogens (primary N) is 1. The standard InChI is InChI=1S/C18H16N2O4.C9H15F3N2O2/c1-19-11-10-16(21)20(18(19)24)15-7-3-5-13-12(8-9-17(22)23)4-2-6-14(13)15;1-16-8(7(13)15)2-4-14(5-3-8)6-9(10,11)12/h2-7,10-11H,8-9H2,1H3,(H,22,23);2-6H2,1H3,(H2,13,15). The van der Waals surface area contributed by atoms with Gasteiger partial charge in [-0.25, -0.2) is 9.36 Å². The number of ether oxygens (including phenoxy) is 1. The van der Waals surface area contributed by atoms with Gasteiger partial charge in [-0.1, -0.05) is 30.3 Å². The lowest BCUT2D eigenvalue weighted by Crippen LogP contribution is -2.54. The summed E-state index contributed by atoms with van der Waals surface area (Å²) in [6.07, 6.45) is -1.96. The van der Waals surface area contributed by atoms with Gasteiger partial charge >= 0.3 is 17.8 Å². The first-order chi connectivity index (χ1) is 18.8. The van der Waals surface area contributed by atoms with Crippen LogP contribution in [0.4, 0.5) is 13.2 Å². The number of benzene rings is 2. The fourth-order valence-electron chi connectivity index (χ4n) is 4.68. The highest BCUT2D eigenvalue weighted by molar-refractivity contribution is 5.92. The normalized spacial score (nSPS) is 15.3. The van der Waals surface area contributed by atoms with Gasteiger partial charge in [0.25, 0.3) is 5.56 Å². The van der Waals surface area contributed by atoms with Crippen LogP contribution >= 0.6 is 0 Å². The Bertz CT molecular complexity index is 1490. The molecule has 2 heterocycles. The number of carbonyl (C=O) groups is 2. The summed E-state index contributed by atoms with van der Waals surface area (Å²) >= 11 is 0. The van der Waals surface area contributed by atoms with E-state index < -0.39 is 41.4 Å². The molecule has 1 amide bonds. The topological polar surface area (TPSA) is 137 Å². The van der Waals surface area contributed by atoms with Crippen molar-refractivity contribution in [3.63, 3.8) is 0 Å². The number of methoxy groups -OCH3 is 1. The maximum atomic E-state index is 12.4. The zero-order valence-corrected chi connectivity index (χ0v) is 22.1. The van der Waals surface area contributed by atoms with E-state index >= 15 is 0 Å². The first-order valence-corrected chi connectivity index (χ1v) is 12.4. The average molecular weight is 565 g/mol. The Morgan fingerprint density at radius 1 is 1.05 bits per heavy atom. The van der Waals surface area contributed by atoms with Gasteiger partial charge in [0.05, 0.1) is 12.2 Å². The zero-order chi connectivity index (χ0) is 29.7. The highest BCUT2D eigenvalue weighted by Gasteiger charge is 2.42. The molecule has 3 N–H and O–H groups in total. The van der Waals surface area contributed by atoms with E-state index in [2.05, 4.69) is 0 Å². The van der Waals surface area contributed by atoms with Crippen molar-refractivity contribution in [2.45, 2.75) is 37.5 Å². The molecule has 4 rings (SSSR count). The molecular weight excluding hydrogens is 533 g/mol. The van der Waals surface area contributed by atoms with E-state index in [1.807, 2.05) is 24.3 Å². The Hall–Kier alpha value is -3.97. The molecule has 2 aromatic carbocycles. The van der Waals surface area contributed by atoms with E-state index in [0.717, 1.165) is 20.9 Å². The lowest BCUT2D eigenvalue weighted by molar-refractivity contribution is -0.162. The van der Waals surface area contributed by atoms with Crippen molar-refractivity contribution >= 4 is 22.6 Å². The number of aryl methyl sites for hydroxylation is 2. The fraction of sp³-hybridized carbons (Fsp3) is 0.407. The van der Waals surface area contributed by atoms with Crippen LogP contribution in [0, 0.1) is 0 Å². The van der Waals surface area contributed by atoms with Crippen molar-refractivity contribution in [3.05, 3.63) is 75.1 Å². The van der Waals surface area contributed by atoms with Crippen molar-refractivity contribution in [1.82, 2.24) is 14.0 Å². The summed E-state index contributed by atoms with van der Waals surface area (Å²) in [4.78, 5) is 47.8. The van der Waals surface area contributed by atoms with Gasteiger partial charge in [0.1, 0.15) is 5.60 Å². The van der Waals surface area contributed by atoms with Gasteiger partial charge < -0.3 is 20.1 Å². The minimum atomic E-state index is -4.21. The Labute approximate surface area is 227 Å². The molecule has 0 atom stereocenters. The van der Waals surface area contributed by atoms with E-state index in [1.165, 1.54) is 28.8 Å². The predicted molar refractivity (Wildman–Crippen MR) is 141 cm³/mol. The van der Waals surface area contributed by atoms with E-state index in [9.17, 15) is 32.3 Å². The van der Waals surface area contributed by atoms with Crippen molar-refractivity contribution < 1.29 is 32.6 Å². The van der Waals surface area contributed by atoms with Crippen molar-refractivity contribution in [2.75, 3.05) is 26.7 Å². The third kappa shape index (κ3) is 7.16. The molecule has 0 saturated carbocycles. The molecule has 0 bridgehead atoms. The minimum Gasteiger partial charge on any atom is -0.481 e. The number of halogens is 3. The number of hydrogen-bond acceptors (Lipinski definition) is 6. The molecule has 0 spiro atoms. The molecule has 13 heteroatoms. The molecular formula is C27H31F3N4O6. The number of aromatic nitrogens is 2. The van der Waals surface area contributed by atoms with Gasteiger partial charge in [0.15, 0.2) is 0 Å². The van der Waals surface area contributed by atoms with Crippen LogP contribution in [0.25, 0.3) is 16.5 Å². The van der Waals surface area contributed by atoms with Gasteiger partial charge in [-0.15, -0.1) is 0 Å². The Morgan fingerprint density at radius 2 is 1.68 bits per heavy atom. The summed E-state index contributed by atoms with van der Waals surface area (Å²) in [5, 5.41) is 10.5. The van der Waals surface area contributed by atoms with E-state index in [1.54, 1.807) is 19.2 Å². The van der Waals surface area contributed by atoms with Crippen LogP contribution in [0.5, 0.6) is 0 Å². The second-order valence-electron chi connectivity index (χ2n) is 9.52. The summed E-state index contributed by atoms with van der Waals surface area (Å²) in [6, 6.07) is 12.2. The Kier molecular flexibility index (Phi) is 9.53. The number of carboxylic acids is 1. The number of piperidine rings is 1. The first kappa shape index (κ1) is 30.6. The lowest BCUT2D eigenvalue weighted by Gasteiger charge is -2.38. The second kappa shape index (κ2) is 12.5. The maximum absolute atomic E-state index is 12.4. The summed E-state index contributed by atoms with van der Waals surface area (Å²) in [5.74, 6) is -1.47. The quantitative estimate of drug-likeness (QED) is 0.449. The number of nitrogens with zero attached hydrogens (tertiary/aromatic N) is 3. The monoisotopic (exact) mass is 564 g/mol. The Morgan fingerprint density at radius 3 is 2.25 bits per heavy atom. The number of carbonyl (C=O) groups excluding carboxylic acids is 1. The number of aliphatic carboxylic acids is 1. The molecule has 1 aliphatic heterocycles. The van der Waals surface area contributed by atoms with Crippen molar-refractivity contribution in [1.29, 1.82) is 0 Å². The van der Waals surface area contributed by atoms with Crippen LogP contribution in [-0.4, -0.2) is 69.5 Å². The fourth-order valence-corrected chi connectivity index (χ4v) is 4.68. The van der Waals surface area contributed by atoms with Gasteiger partial charge in [-0.3, -0.25) is 19.3 Å². The molecule has 1 aliphatic rings. The van der Waals surface area contributed by atoms with Gasteiger partial charge in [0.2, 0.25) is 5.91 Å². The second-order valence-corrected chi connectivity index (χ2v) is 9.52. The summed E-state index contributed by atoms with van der Waals surface area (Å²) in [5.41, 5.74) is 4.63. The van der Waals surface area contributed by atoms with Crippen LogP contribution in [-0.2, 0) is 27.8 Å². The van der Waals surface area contributed by atoms with Crippen molar-refractivity contribution in [2.24, 2.45) is 12.8 Å². The first-order valence-electron chi connectivity index (χ1n) is 12.4. The number of rotatable bonds is 7. The number of carboxylic acid groups (broad SMARTS) is 1. The molecule has 1 aromatic heterocycles. The largest absolute Gasteiger partial charge is 0.481 e. The zero-order valence-electron chi connectivity index (χ0n) is 22.1. The van der Waals surface area contributed by atoms with Crippen LogP contribution in [0.3, 0.4) is 0 Å². The summed E-state index contributed by atoms with van der Waals surface area (Å²) in [7, 11) is 2.94. The van der Waals surface area contributed by atoms with Crippen LogP contribution in [0.15, 0.2) is 58.3 Å². The van der Waals surface area contributed by atoms with Crippen molar-refractivity contribution in [3.8, 4) is 5.69 Å². The van der Waals surface area contributed by atoms with Crippen LogP contribution in [0.2, 0.25) is 0 Å².